The lowest BCUT2D eigenvalue weighted by Gasteiger charge is -2.47. The van der Waals surface area contributed by atoms with Gasteiger partial charge in [-0.2, -0.15) is 0 Å². The summed E-state index contributed by atoms with van der Waals surface area (Å²) in [5.41, 5.74) is 1.24. The Bertz CT molecular complexity index is 244. The van der Waals surface area contributed by atoms with E-state index in [1.807, 2.05) is 6.08 Å². The number of nitrogens with zero attached hydrogens (tertiary/aromatic N) is 1. The summed E-state index contributed by atoms with van der Waals surface area (Å²) in [7, 11) is 0. The second-order valence-electron chi connectivity index (χ2n) is 4.92. The summed E-state index contributed by atoms with van der Waals surface area (Å²) in [6, 6.07) is 0. The molecule has 2 atom stereocenters. The fraction of sp³-hybridized carbons (Fsp3) is 0.833. The van der Waals surface area contributed by atoms with Crippen molar-refractivity contribution in [2.24, 2.45) is 5.92 Å². The Morgan fingerprint density at radius 3 is 3.07 bits per heavy atom. The highest BCUT2D eigenvalue weighted by Crippen LogP contribution is 2.39. The Kier molecular flexibility index (Phi) is 3.70. The third kappa shape index (κ3) is 2.55. The van der Waals surface area contributed by atoms with Gasteiger partial charge in [0.15, 0.2) is 0 Å². The average Bonchev–Trinajstić information content (AvgIpc) is 2.26. The van der Waals surface area contributed by atoms with Crippen molar-refractivity contribution in [1.29, 1.82) is 0 Å². The molecule has 2 unspecified atom stereocenters. The highest BCUT2D eigenvalue weighted by molar-refractivity contribution is 6.25. The topological polar surface area (TPSA) is 23.5 Å². The number of rotatable bonds is 2. The van der Waals surface area contributed by atoms with Crippen LogP contribution in [0.5, 0.6) is 0 Å². The monoisotopic (exact) mass is 229 g/mol. The van der Waals surface area contributed by atoms with Crippen molar-refractivity contribution >= 4 is 11.6 Å². The van der Waals surface area contributed by atoms with Crippen molar-refractivity contribution in [3.05, 3.63) is 11.6 Å². The van der Waals surface area contributed by atoms with Gasteiger partial charge in [0.05, 0.1) is 5.60 Å². The van der Waals surface area contributed by atoms with Crippen LogP contribution in [0.25, 0.3) is 0 Å². The number of halogens is 1. The van der Waals surface area contributed by atoms with E-state index in [0.29, 0.717) is 5.92 Å². The first kappa shape index (κ1) is 11.4. The Balaban J connectivity index is 1.93. The van der Waals surface area contributed by atoms with E-state index in [4.69, 9.17) is 11.6 Å². The number of hydrogen-bond donors (Lipinski definition) is 1. The van der Waals surface area contributed by atoms with Crippen LogP contribution < -0.4 is 0 Å². The van der Waals surface area contributed by atoms with Crippen molar-refractivity contribution in [3.63, 3.8) is 0 Å². The molecule has 1 N–H and O–H groups in total. The maximum Gasteiger partial charge on any atom is 0.0700 e. The van der Waals surface area contributed by atoms with Crippen LogP contribution in [0.2, 0.25) is 0 Å². The molecule has 2 nitrogen and oxygen atoms in total. The summed E-state index contributed by atoms with van der Waals surface area (Å²) in [6.45, 7) is 2.97. The molecule has 1 heterocycles. The van der Waals surface area contributed by atoms with Crippen LogP contribution in [0, 0.1) is 5.92 Å². The lowest BCUT2D eigenvalue weighted by atomic mass is 9.71. The van der Waals surface area contributed by atoms with Crippen LogP contribution in [0.3, 0.4) is 0 Å². The molecule has 0 amide bonds. The van der Waals surface area contributed by atoms with Crippen LogP contribution in [0.1, 0.15) is 32.1 Å². The molecule has 15 heavy (non-hydrogen) atoms. The Hall–Kier alpha value is -0.0500. The first-order valence-electron chi connectivity index (χ1n) is 5.94. The molecule has 0 radical (unpaired) electrons. The second kappa shape index (κ2) is 4.86. The molecule has 0 aromatic heterocycles. The summed E-state index contributed by atoms with van der Waals surface area (Å²) in [6.07, 6.45) is 7.61. The van der Waals surface area contributed by atoms with E-state index in [1.54, 1.807) is 5.54 Å². The fourth-order valence-electron chi connectivity index (χ4n) is 2.99. The zero-order chi connectivity index (χ0) is 10.7. The number of likely N-dealkylation sites (tertiary alicyclic amines) is 1. The minimum Gasteiger partial charge on any atom is -0.390 e. The van der Waals surface area contributed by atoms with Gasteiger partial charge >= 0.3 is 0 Å². The maximum absolute atomic E-state index is 10.5. The predicted molar refractivity (Wildman–Crippen MR) is 63.0 cm³/mol. The molecule has 1 aliphatic carbocycles. The first-order valence-corrected chi connectivity index (χ1v) is 6.38. The standard InChI is InChI=1S/C12H20ClNO/c13-7-3-8-14-9-6-12(15)5-2-1-4-11(12)10-14/h3,7,11,15H,1-2,4-6,8-10H2/b7-3+. The Labute approximate surface area is 96.9 Å². The largest absolute Gasteiger partial charge is 0.390 e. The lowest BCUT2D eigenvalue weighted by Crippen LogP contribution is -2.53. The molecule has 1 aliphatic heterocycles. The first-order chi connectivity index (χ1) is 7.24. The quantitative estimate of drug-likeness (QED) is 0.786. The van der Waals surface area contributed by atoms with Crippen LogP contribution in [0.4, 0.5) is 0 Å². The molecule has 2 aliphatic rings. The third-order valence-corrected chi connectivity index (χ3v) is 4.14. The van der Waals surface area contributed by atoms with Crippen molar-refractivity contribution in [2.45, 2.75) is 37.7 Å². The van der Waals surface area contributed by atoms with E-state index in [0.717, 1.165) is 32.5 Å². The summed E-state index contributed by atoms with van der Waals surface area (Å²) >= 11 is 5.53. The van der Waals surface area contributed by atoms with E-state index in [1.165, 1.54) is 19.3 Å². The number of aliphatic hydroxyl groups is 1. The van der Waals surface area contributed by atoms with Crippen molar-refractivity contribution in [2.75, 3.05) is 19.6 Å². The van der Waals surface area contributed by atoms with Gasteiger partial charge in [0.2, 0.25) is 0 Å². The molecule has 0 bridgehead atoms. The molecule has 0 aromatic carbocycles. The predicted octanol–water partition coefficient (Wildman–Crippen LogP) is 2.37. The van der Waals surface area contributed by atoms with Crippen molar-refractivity contribution in [3.8, 4) is 0 Å². The Morgan fingerprint density at radius 2 is 2.27 bits per heavy atom. The second-order valence-corrected chi connectivity index (χ2v) is 5.17. The van der Waals surface area contributed by atoms with Crippen LogP contribution >= 0.6 is 11.6 Å². The zero-order valence-corrected chi connectivity index (χ0v) is 9.92. The number of fused-ring (bicyclic) bond motifs is 1. The summed E-state index contributed by atoms with van der Waals surface area (Å²) in [5.74, 6) is 0.490. The summed E-state index contributed by atoms with van der Waals surface area (Å²) in [5, 5.41) is 10.5. The Morgan fingerprint density at radius 1 is 1.40 bits per heavy atom. The van der Waals surface area contributed by atoms with Gasteiger partial charge in [-0.1, -0.05) is 30.5 Å². The highest BCUT2D eigenvalue weighted by Gasteiger charge is 2.42. The molecule has 86 valence electrons. The SMILES string of the molecule is OC12CCCCC1CN(C/C=C/Cl)CC2. The van der Waals surface area contributed by atoms with Crippen LogP contribution in [0.15, 0.2) is 11.6 Å². The van der Waals surface area contributed by atoms with Crippen molar-refractivity contribution < 1.29 is 5.11 Å². The van der Waals surface area contributed by atoms with Gasteiger partial charge in [-0.15, -0.1) is 0 Å². The summed E-state index contributed by atoms with van der Waals surface area (Å²) < 4.78 is 0. The maximum atomic E-state index is 10.5. The molecule has 1 saturated carbocycles. The zero-order valence-electron chi connectivity index (χ0n) is 9.16. The molecule has 2 fully saturated rings. The van der Waals surface area contributed by atoms with E-state index in [9.17, 15) is 5.11 Å². The molecular formula is C12H20ClNO. The van der Waals surface area contributed by atoms with Crippen LogP contribution in [-0.4, -0.2) is 35.2 Å². The molecule has 0 aromatic rings. The van der Waals surface area contributed by atoms with Gasteiger partial charge in [-0.3, -0.25) is 4.90 Å². The normalized spacial score (nSPS) is 38.1. The minimum atomic E-state index is -0.348. The van der Waals surface area contributed by atoms with Gasteiger partial charge < -0.3 is 5.11 Å². The number of piperidine rings is 1. The molecule has 2 rings (SSSR count). The van der Waals surface area contributed by atoms with Gasteiger partial charge in [-0.25, -0.2) is 0 Å². The van der Waals surface area contributed by atoms with Crippen molar-refractivity contribution in [1.82, 2.24) is 4.90 Å². The molecule has 1 saturated heterocycles. The van der Waals surface area contributed by atoms with Crippen LogP contribution in [-0.2, 0) is 0 Å². The number of hydrogen-bond acceptors (Lipinski definition) is 2. The smallest absolute Gasteiger partial charge is 0.0700 e. The van der Waals surface area contributed by atoms with E-state index < -0.39 is 0 Å². The van der Waals surface area contributed by atoms with E-state index in [2.05, 4.69) is 4.90 Å². The fourth-order valence-corrected chi connectivity index (χ4v) is 3.07. The molecule has 3 heteroatoms. The van der Waals surface area contributed by atoms with Gasteiger partial charge in [-0.05, 0) is 19.3 Å². The van der Waals surface area contributed by atoms with Gasteiger partial charge in [0.1, 0.15) is 0 Å². The molecule has 0 spiro atoms. The highest BCUT2D eigenvalue weighted by atomic mass is 35.5. The summed E-state index contributed by atoms with van der Waals surface area (Å²) in [4.78, 5) is 2.39. The van der Waals surface area contributed by atoms with Gasteiger partial charge in [0.25, 0.3) is 0 Å². The molecular weight excluding hydrogens is 210 g/mol. The average molecular weight is 230 g/mol. The van der Waals surface area contributed by atoms with Gasteiger partial charge in [0, 0.05) is 31.1 Å². The lowest BCUT2D eigenvalue weighted by molar-refractivity contribution is -0.0933. The minimum absolute atomic E-state index is 0.348. The van der Waals surface area contributed by atoms with E-state index in [-0.39, 0.29) is 5.60 Å². The van der Waals surface area contributed by atoms with E-state index >= 15 is 0 Å². The third-order valence-electron chi connectivity index (χ3n) is 3.96.